The van der Waals surface area contributed by atoms with E-state index in [1.807, 2.05) is 42.2 Å². The average Bonchev–Trinajstić information content (AvgIpc) is 3.29. The van der Waals surface area contributed by atoms with Crippen molar-refractivity contribution >= 4 is 16.9 Å². The first kappa shape index (κ1) is 12.3. The number of hydrogen-bond acceptors (Lipinski definition) is 4. The number of rotatable bonds is 4. The lowest BCUT2D eigenvalue weighted by molar-refractivity contribution is 0.416. The van der Waals surface area contributed by atoms with Crippen LogP contribution >= 0.6 is 0 Å². The molecule has 5 heteroatoms. The molecule has 0 aliphatic carbocycles. The van der Waals surface area contributed by atoms with Crippen molar-refractivity contribution in [3.8, 4) is 11.3 Å². The molecular weight excluding hydrogens is 264 g/mol. The minimum absolute atomic E-state index is 0.348. The third-order valence-corrected chi connectivity index (χ3v) is 3.68. The van der Waals surface area contributed by atoms with Gasteiger partial charge >= 0.3 is 0 Å². The SMILES string of the molecule is Cn1cnc2ccc(-c3cccc(NCC4CO4)n3)cc21. The van der Waals surface area contributed by atoms with E-state index < -0.39 is 0 Å². The molecule has 1 aliphatic rings. The highest BCUT2D eigenvalue weighted by molar-refractivity contribution is 5.81. The summed E-state index contributed by atoms with van der Waals surface area (Å²) in [5.41, 5.74) is 4.16. The van der Waals surface area contributed by atoms with Gasteiger partial charge in [-0.2, -0.15) is 0 Å². The van der Waals surface area contributed by atoms with E-state index in [1.54, 1.807) is 0 Å². The Labute approximate surface area is 122 Å². The second-order valence-corrected chi connectivity index (χ2v) is 5.30. The first-order valence-electron chi connectivity index (χ1n) is 7.03. The molecule has 1 N–H and O–H groups in total. The lowest BCUT2D eigenvalue weighted by Gasteiger charge is -2.07. The molecule has 5 nitrogen and oxygen atoms in total. The number of pyridine rings is 1. The van der Waals surface area contributed by atoms with E-state index in [2.05, 4.69) is 27.4 Å². The van der Waals surface area contributed by atoms with Gasteiger partial charge in [-0.25, -0.2) is 9.97 Å². The molecule has 1 saturated heterocycles. The Bertz CT molecular complexity index is 792. The zero-order valence-electron chi connectivity index (χ0n) is 11.8. The predicted molar refractivity (Wildman–Crippen MR) is 82.2 cm³/mol. The summed E-state index contributed by atoms with van der Waals surface area (Å²) < 4.78 is 7.22. The summed E-state index contributed by atoms with van der Waals surface area (Å²) in [4.78, 5) is 9.01. The van der Waals surface area contributed by atoms with Crippen LogP contribution in [-0.4, -0.2) is 33.8 Å². The van der Waals surface area contributed by atoms with Crippen molar-refractivity contribution in [1.82, 2.24) is 14.5 Å². The van der Waals surface area contributed by atoms with Crippen molar-refractivity contribution < 1.29 is 4.74 Å². The Hall–Kier alpha value is -2.40. The van der Waals surface area contributed by atoms with E-state index in [4.69, 9.17) is 4.74 Å². The normalized spacial score (nSPS) is 17.1. The van der Waals surface area contributed by atoms with Gasteiger partial charge < -0.3 is 14.6 Å². The smallest absolute Gasteiger partial charge is 0.126 e. The number of ether oxygens (including phenoxy) is 1. The third-order valence-electron chi connectivity index (χ3n) is 3.68. The summed E-state index contributed by atoms with van der Waals surface area (Å²) in [5, 5.41) is 3.31. The van der Waals surface area contributed by atoms with E-state index in [0.29, 0.717) is 6.10 Å². The number of aryl methyl sites for hydroxylation is 1. The van der Waals surface area contributed by atoms with E-state index in [1.165, 1.54) is 0 Å². The molecule has 1 aromatic carbocycles. The number of imidazole rings is 1. The van der Waals surface area contributed by atoms with Crippen LogP contribution in [0.4, 0.5) is 5.82 Å². The van der Waals surface area contributed by atoms with E-state index in [9.17, 15) is 0 Å². The van der Waals surface area contributed by atoms with Gasteiger partial charge in [0.15, 0.2) is 0 Å². The van der Waals surface area contributed by atoms with Gasteiger partial charge in [-0.1, -0.05) is 12.1 Å². The maximum absolute atomic E-state index is 5.20. The highest BCUT2D eigenvalue weighted by atomic mass is 16.6. The van der Waals surface area contributed by atoms with Crippen LogP contribution in [0, 0.1) is 0 Å². The fraction of sp³-hybridized carbons (Fsp3) is 0.250. The fourth-order valence-corrected chi connectivity index (χ4v) is 2.38. The lowest BCUT2D eigenvalue weighted by Crippen LogP contribution is -2.08. The number of fused-ring (bicyclic) bond motifs is 1. The molecule has 0 bridgehead atoms. The second-order valence-electron chi connectivity index (χ2n) is 5.30. The molecule has 106 valence electrons. The van der Waals surface area contributed by atoms with Gasteiger partial charge in [0.2, 0.25) is 0 Å². The summed E-state index contributed by atoms with van der Waals surface area (Å²) >= 11 is 0. The van der Waals surface area contributed by atoms with Crippen LogP contribution < -0.4 is 5.32 Å². The first-order chi connectivity index (χ1) is 10.3. The molecule has 1 fully saturated rings. The third kappa shape index (κ3) is 2.48. The van der Waals surface area contributed by atoms with Gasteiger partial charge in [-0.3, -0.25) is 0 Å². The van der Waals surface area contributed by atoms with Crippen molar-refractivity contribution in [2.75, 3.05) is 18.5 Å². The highest BCUT2D eigenvalue weighted by Gasteiger charge is 2.21. The lowest BCUT2D eigenvalue weighted by atomic mass is 10.1. The molecule has 4 rings (SSSR count). The summed E-state index contributed by atoms with van der Waals surface area (Å²) in [6.07, 6.45) is 2.18. The Morgan fingerprint density at radius 2 is 2.24 bits per heavy atom. The first-order valence-corrected chi connectivity index (χ1v) is 7.03. The standard InChI is InChI=1S/C16H16N4O/c1-20-10-18-14-6-5-11(7-15(14)20)13-3-2-4-16(19-13)17-8-12-9-21-12/h2-7,10,12H,8-9H2,1H3,(H,17,19). The maximum atomic E-state index is 5.20. The van der Waals surface area contributed by atoms with Gasteiger partial charge in [0.25, 0.3) is 0 Å². The summed E-state index contributed by atoms with van der Waals surface area (Å²) in [6.45, 7) is 1.67. The predicted octanol–water partition coefficient (Wildman–Crippen LogP) is 2.45. The number of hydrogen-bond donors (Lipinski definition) is 1. The van der Waals surface area contributed by atoms with Crippen LogP contribution in [0.3, 0.4) is 0 Å². The minimum atomic E-state index is 0.348. The molecule has 0 radical (unpaired) electrons. The molecule has 3 aromatic rings. The number of benzene rings is 1. The largest absolute Gasteiger partial charge is 0.371 e. The topological polar surface area (TPSA) is 55.3 Å². The van der Waals surface area contributed by atoms with Crippen LogP contribution in [0.2, 0.25) is 0 Å². The zero-order valence-corrected chi connectivity index (χ0v) is 11.8. The molecule has 0 spiro atoms. The number of epoxide rings is 1. The molecule has 3 heterocycles. The fourth-order valence-electron chi connectivity index (χ4n) is 2.38. The monoisotopic (exact) mass is 280 g/mol. The van der Waals surface area contributed by atoms with Crippen molar-refractivity contribution in [2.45, 2.75) is 6.10 Å². The molecular formula is C16H16N4O. The Kier molecular flexibility index (Phi) is 2.86. The van der Waals surface area contributed by atoms with E-state index in [-0.39, 0.29) is 0 Å². The van der Waals surface area contributed by atoms with Crippen LogP contribution in [0.25, 0.3) is 22.3 Å². The molecule has 1 aliphatic heterocycles. The van der Waals surface area contributed by atoms with E-state index >= 15 is 0 Å². The molecule has 2 aromatic heterocycles. The van der Waals surface area contributed by atoms with Crippen molar-refractivity contribution in [2.24, 2.45) is 7.05 Å². The van der Waals surface area contributed by atoms with Gasteiger partial charge in [0, 0.05) is 19.2 Å². The Morgan fingerprint density at radius 1 is 1.33 bits per heavy atom. The van der Waals surface area contributed by atoms with Crippen LogP contribution in [0.15, 0.2) is 42.7 Å². The molecule has 0 amide bonds. The number of aromatic nitrogens is 3. The highest BCUT2D eigenvalue weighted by Crippen LogP contribution is 2.23. The summed E-state index contributed by atoms with van der Waals surface area (Å²) in [5.74, 6) is 0.883. The molecule has 0 saturated carbocycles. The Balaban J connectivity index is 1.66. The maximum Gasteiger partial charge on any atom is 0.126 e. The van der Waals surface area contributed by atoms with Crippen LogP contribution in [0.5, 0.6) is 0 Å². The average molecular weight is 280 g/mol. The van der Waals surface area contributed by atoms with Gasteiger partial charge in [0.05, 0.1) is 35.8 Å². The van der Waals surface area contributed by atoms with Crippen LogP contribution in [-0.2, 0) is 11.8 Å². The second kappa shape index (κ2) is 4.86. The summed E-state index contributed by atoms with van der Waals surface area (Å²) in [7, 11) is 2.00. The number of nitrogens with zero attached hydrogens (tertiary/aromatic N) is 3. The number of nitrogens with one attached hydrogen (secondary N) is 1. The molecule has 21 heavy (non-hydrogen) atoms. The Morgan fingerprint density at radius 3 is 3.10 bits per heavy atom. The van der Waals surface area contributed by atoms with Crippen molar-refractivity contribution in [3.05, 3.63) is 42.7 Å². The van der Waals surface area contributed by atoms with E-state index in [0.717, 1.165) is 41.3 Å². The molecule has 1 unspecified atom stereocenters. The number of anilines is 1. The van der Waals surface area contributed by atoms with Crippen LogP contribution in [0.1, 0.15) is 0 Å². The van der Waals surface area contributed by atoms with Crippen molar-refractivity contribution in [1.29, 1.82) is 0 Å². The van der Waals surface area contributed by atoms with Crippen molar-refractivity contribution in [3.63, 3.8) is 0 Å². The minimum Gasteiger partial charge on any atom is -0.371 e. The quantitative estimate of drug-likeness (QED) is 0.746. The molecule has 1 atom stereocenters. The van der Waals surface area contributed by atoms with Gasteiger partial charge in [0.1, 0.15) is 5.82 Å². The zero-order chi connectivity index (χ0) is 14.2. The van der Waals surface area contributed by atoms with Gasteiger partial charge in [-0.05, 0) is 24.3 Å². The van der Waals surface area contributed by atoms with Gasteiger partial charge in [-0.15, -0.1) is 0 Å². The summed E-state index contributed by atoms with van der Waals surface area (Å²) in [6, 6.07) is 12.2.